The van der Waals surface area contributed by atoms with E-state index >= 15 is 0 Å². The van der Waals surface area contributed by atoms with Crippen molar-refractivity contribution < 1.29 is 14.3 Å². The van der Waals surface area contributed by atoms with E-state index < -0.39 is 0 Å². The van der Waals surface area contributed by atoms with Crippen LogP contribution in [0.5, 0.6) is 11.5 Å². The molecule has 1 aromatic heterocycles. The predicted octanol–water partition coefficient (Wildman–Crippen LogP) is 6.45. The third-order valence-electron chi connectivity index (χ3n) is 7.03. The summed E-state index contributed by atoms with van der Waals surface area (Å²) in [7, 11) is 3.55. The van der Waals surface area contributed by atoms with Gasteiger partial charge < -0.3 is 19.3 Å². The van der Waals surface area contributed by atoms with Crippen molar-refractivity contribution >= 4 is 34.2 Å². The first-order valence-corrected chi connectivity index (χ1v) is 13.1. The lowest BCUT2D eigenvalue weighted by molar-refractivity contribution is -0.129. The molecule has 0 atom stereocenters. The van der Waals surface area contributed by atoms with Crippen LogP contribution in [-0.2, 0) is 4.79 Å². The fourth-order valence-electron chi connectivity index (χ4n) is 4.74. The van der Waals surface area contributed by atoms with Crippen molar-refractivity contribution in [3.8, 4) is 11.5 Å². The van der Waals surface area contributed by atoms with Crippen LogP contribution in [-0.4, -0.2) is 43.7 Å². The monoisotopic (exact) mass is 500 g/mol. The molecule has 186 valence electrons. The maximum atomic E-state index is 13.7. The highest BCUT2D eigenvalue weighted by molar-refractivity contribution is 7.08. The third kappa shape index (κ3) is 4.21. The van der Waals surface area contributed by atoms with E-state index in [0.717, 1.165) is 46.0 Å². The molecule has 36 heavy (non-hydrogen) atoms. The van der Waals surface area contributed by atoms with Gasteiger partial charge >= 0.3 is 0 Å². The molecule has 2 aromatic rings. The van der Waals surface area contributed by atoms with E-state index in [0.29, 0.717) is 12.1 Å². The van der Waals surface area contributed by atoms with Gasteiger partial charge in [0.15, 0.2) is 0 Å². The Balaban J connectivity index is 1.72. The molecule has 1 aromatic carbocycles. The fourth-order valence-corrected chi connectivity index (χ4v) is 5.38. The van der Waals surface area contributed by atoms with Gasteiger partial charge in [0, 0.05) is 47.3 Å². The molecule has 1 aliphatic carbocycles. The quantitative estimate of drug-likeness (QED) is 0.452. The number of benzene rings is 1. The molecule has 3 aliphatic rings. The lowest BCUT2D eigenvalue weighted by Gasteiger charge is -2.35. The largest absolute Gasteiger partial charge is 0.496 e. The summed E-state index contributed by atoms with van der Waals surface area (Å²) < 4.78 is 12.1. The second-order valence-corrected chi connectivity index (χ2v) is 11.2. The zero-order valence-corrected chi connectivity index (χ0v) is 22.6. The molecule has 0 spiro atoms. The molecule has 0 fully saturated rings. The van der Waals surface area contributed by atoms with Crippen molar-refractivity contribution in [1.82, 2.24) is 4.90 Å². The number of hydrogen-bond donors (Lipinski definition) is 0. The van der Waals surface area contributed by atoms with E-state index in [2.05, 4.69) is 52.6 Å². The number of likely N-dealkylation sites (N-methyl/N-ethyl adjacent to an activating group) is 1. The van der Waals surface area contributed by atoms with Gasteiger partial charge in [-0.05, 0) is 63.3 Å². The summed E-state index contributed by atoms with van der Waals surface area (Å²) in [6.07, 6.45) is 7.16. The average Bonchev–Trinajstić information content (AvgIpc) is 3.50. The first-order valence-electron chi connectivity index (χ1n) is 12.2. The number of methoxy groups -OCH3 is 1. The molecule has 1 amide bonds. The van der Waals surface area contributed by atoms with Crippen LogP contribution in [0.1, 0.15) is 45.2 Å². The van der Waals surface area contributed by atoms with Crippen LogP contribution in [0.15, 0.2) is 69.6 Å². The van der Waals surface area contributed by atoms with E-state index in [9.17, 15) is 4.79 Å². The fraction of sp³-hybridized carbons (Fsp3) is 0.333. The van der Waals surface area contributed by atoms with E-state index in [1.54, 1.807) is 23.3 Å². The molecule has 3 heterocycles. The van der Waals surface area contributed by atoms with Crippen molar-refractivity contribution in [3.63, 3.8) is 0 Å². The number of nitrogens with zero attached hydrogens (tertiary/aromatic N) is 2. The number of hydrogen-bond acceptors (Lipinski definition) is 5. The van der Waals surface area contributed by atoms with Gasteiger partial charge in [-0.15, -0.1) is 5.73 Å². The number of thiophene rings is 1. The second-order valence-electron chi connectivity index (χ2n) is 10.4. The van der Waals surface area contributed by atoms with Gasteiger partial charge in [-0.1, -0.05) is 17.7 Å². The molecule has 0 unspecified atom stereocenters. The van der Waals surface area contributed by atoms with E-state index in [1.165, 1.54) is 11.1 Å². The number of anilines is 1. The van der Waals surface area contributed by atoms with Gasteiger partial charge in [-0.3, -0.25) is 4.79 Å². The third-order valence-corrected chi connectivity index (χ3v) is 7.70. The summed E-state index contributed by atoms with van der Waals surface area (Å²) in [6.45, 7) is 9.15. The molecule has 0 saturated heterocycles. The van der Waals surface area contributed by atoms with Crippen LogP contribution in [0.25, 0.3) is 11.3 Å². The Labute approximate surface area is 217 Å². The van der Waals surface area contributed by atoms with Crippen molar-refractivity contribution in [1.29, 1.82) is 0 Å². The smallest absolute Gasteiger partial charge is 0.262 e. The van der Waals surface area contributed by atoms with Crippen molar-refractivity contribution in [2.75, 3.05) is 32.2 Å². The number of allylic oxidation sites excluding steroid dienone is 4. The molecule has 5 nitrogen and oxygen atoms in total. The van der Waals surface area contributed by atoms with Crippen LogP contribution in [0.3, 0.4) is 0 Å². The summed E-state index contributed by atoms with van der Waals surface area (Å²) >= 11 is 1.66. The number of ether oxygens (including phenoxy) is 2. The van der Waals surface area contributed by atoms with Crippen molar-refractivity contribution in [2.24, 2.45) is 0 Å². The first-order chi connectivity index (χ1) is 17.2. The van der Waals surface area contributed by atoms with Crippen LogP contribution in [0.2, 0.25) is 0 Å². The number of fused-ring (bicyclic) bond motifs is 2. The summed E-state index contributed by atoms with van der Waals surface area (Å²) in [5.74, 6) is 1.49. The van der Waals surface area contributed by atoms with Crippen LogP contribution >= 0.6 is 11.3 Å². The summed E-state index contributed by atoms with van der Waals surface area (Å²) in [5.41, 5.74) is 11.1. The molecular weight excluding hydrogens is 468 g/mol. The summed E-state index contributed by atoms with van der Waals surface area (Å²) in [4.78, 5) is 17.8. The molecule has 6 heteroatoms. The maximum Gasteiger partial charge on any atom is 0.262 e. The normalized spacial score (nSPS) is 16.9. The number of amides is 1. The topological polar surface area (TPSA) is 42.0 Å². The van der Waals surface area contributed by atoms with Gasteiger partial charge in [-0.25, -0.2) is 0 Å². The van der Waals surface area contributed by atoms with Crippen LogP contribution in [0, 0.1) is 0 Å². The van der Waals surface area contributed by atoms with Gasteiger partial charge in [0.05, 0.1) is 24.1 Å². The van der Waals surface area contributed by atoms with Crippen LogP contribution in [0.4, 0.5) is 5.69 Å². The molecule has 0 saturated carbocycles. The first kappa shape index (κ1) is 24.2. The summed E-state index contributed by atoms with van der Waals surface area (Å²) in [5, 5.41) is 4.22. The Kier molecular flexibility index (Phi) is 6.19. The van der Waals surface area contributed by atoms with Crippen LogP contribution < -0.4 is 14.4 Å². The zero-order chi connectivity index (χ0) is 25.6. The highest BCUT2D eigenvalue weighted by atomic mass is 32.1. The second kappa shape index (κ2) is 9.20. The van der Waals surface area contributed by atoms with E-state index in [4.69, 9.17) is 9.47 Å². The Morgan fingerprint density at radius 2 is 2.03 bits per heavy atom. The van der Waals surface area contributed by atoms with Gasteiger partial charge in [0.1, 0.15) is 18.1 Å². The van der Waals surface area contributed by atoms with Gasteiger partial charge in [-0.2, -0.15) is 11.3 Å². The minimum Gasteiger partial charge on any atom is -0.496 e. The lowest BCUT2D eigenvalue weighted by Crippen LogP contribution is -2.43. The molecule has 0 radical (unpaired) electrons. The SMILES string of the molecule is COc1cc2c(cc1C1=CC=C(C)C1)C1=C(CO2)C(C(=O)N(C)C(C)(C)C)=C=CCN1c1ccsc1. The molecular formula is C30H32N2O3S. The lowest BCUT2D eigenvalue weighted by atomic mass is 9.92. The van der Waals surface area contributed by atoms with Gasteiger partial charge in [0.2, 0.25) is 0 Å². The number of carbonyl (C=O) groups is 1. The summed E-state index contributed by atoms with van der Waals surface area (Å²) in [6, 6.07) is 6.27. The Morgan fingerprint density at radius 1 is 1.22 bits per heavy atom. The maximum absolute atomic E-state index is 13.7. The molecule has 5 rings (SSSR count). The van der Waals surface area contributed by atoms with Crippen molar-refractivity contribution in [3.05, 3.63) is 80.8 Å². The predicted molar refractivity (Wildman–Crippen MR) is 148 cm³/mol. The van der Waals surface area contributed by atoms with Crippen molar-refractivity contribution in [2.45, 2.75) is 39.7 Å². The average molecular weight is 501 g/mol. The Morgan fingerprint density at radius 3 is 2.67 bits per heavy atom. The minimum absolute atomic E-state index is 0.0578. The van der Waals surface area contributed by atoms with E-state index in [1.807, 2.05) is 40.0 Å². The number of rotatable bonds is 4. The minimum atomic E-state index is -0.320. The molecule has 0 bridgehead atoms. The zero-order valence-electron chi connectivity index (χ0n) is 21.8. The Bertz CT molecular complexity index is 1380. The van der Waals surface area contributed by atoms with Gasteiger partial charge in [0.25, 0.3) is 5.91 Å². The molecule has 0 N–H and O–H groups in total. The van der Waals surface area contributed by atoms with E-state index in [-0.39, 0.29) is 18.1 Å². The Hall–Kier alpha value is -3.47. The molecule has 2 aliphatic heterocycles. The highest BCUT2D eigenvalue weighted by Crippen LogP contribution is 2.46. The standard InChI is InChI=1S/C30H32N2O3S/c1-19-9-10-20(14-19)23-15-24-27(16-26(23)34-6)35-17-25-22(29(33)31(5)30(2,3)4)8-7-12-32(28(24)25)21-11-13-36-18-21/h7,9-11,13,15-16,18H,12,14,17H2,1-6H3. The number of carbonyl (C=O) groups excluding carboxylic acids is 1. The highest BCUT2D eigenvalue weighted by Gasteiger charge is 2.35.